The molecular weight excluding hydrogens is 257 g/mol. The normalized spacial score (nSPS) is 17.4. The van der Waals surface area contributed by atoms with Crippen molar-refractivity contribution < 1.29 is 9.18 Å². The van der Waals surface area contributed by atoms with Gasteiger partial charge in [0.05, 0.1) is 11.7 Å². The lowest BCUT2D eigenvalue weighted by Crippen LogP contribution is -2.21. The maximum absolute atomic E-state index is 13.0. The standard InChI is InChI=1S/C15H16FN3O/c1-8(2)7-11-12-13(9-3-5-10(16)6-4-9)17-15(20)14(12)19-18-11/h3-6,8,13H,7H2,1-2H3,(H,17,20)(H,18,19). The van der Waals surface area contributed by atoms with Crippen molar-refractivity contribution in [3.05, 3.63) is 52.6 Å². The summed E-state index contributed by atoms with van der Waals surface area (Å²) >= 11 is 0. The Morgan fingerprint density at radius 1 is 1.30 bits per heavy atom. The summed E-state index contributed by atoms with van der Waals surface area (Å²) < 4.78 is 13.0. The first-order valence-corrected chi connectivity index (χ1v) is 6.69. The smallest absolute Gasteiger partial charge is 0.270 e. The molecule has 2 heterocycles. The second-order valence-electron chi connectivity index (χ2n) is 5.51. The van der Waals surface area contributed by atoms with E-state index in [-0.39, 0.29) is 17.8 Å². The quantitative estimate of drug-likeness (QED) is 0.903. The summed E-state index contributed by atoms with van der Waals surface area (Å²) in [5, 5.41) is 9.99. The van der Waals surface area contributed by atoms with E-state index < -0.39 is 0 Å². The van der Waals surface area contributed by atoms with Crippen molar-refractivity contribution in [3.8, 4) is 0 Å². The number of H-pyrrole nitrogens is 1. The average molecular weight is 273 g/mol. The molecule has 0 saturated carbocycles. The first kappa shape index (κ1) is 12.8. The maximum atomic E-state index is 13.0. The van der Waals surface area contributed by atoms with Gasteiger partial charge in [0.2, 0.25) is 0 Å². The minimum absolute atomic E-state index is 0.156. The number of halogens is 1. The summed E-state index contributed by atoms with van der Waals surface area (Å²) in [6.07, 6.45) is 0.804. The number of carbonyl (C=O) groups excluding carboxylic acids is 1. The van der Waals surface area contributed by atoms with Gasteiger partial charge >= 0.3 is 0 Å². The molecule has 0 radical (unpaired) electrons. The Balaban J connectivity index is 2.03. The van der Waals surface area contributed by atoms with Gasteiger partial charge in [0.1, 0.15) is 11.5 Å². The Kier molecular flexibility index (Phi) is 3.04. The summed E-state index contributed by atoms with van der Waals surface area (Å²) in [6, 6.07) is 5.96. The largest absolute Gasteiger partial charge is 0.340 e. The van der Waals surface area contributed by atoms with Crippen molar-refractivity contribution in [2.24, 2.45) is 5.92 Å². The number of nitrogens with one attached hydrogen (secondary N) is 2. The number of hydrogen-bond acceptors (Lipinski definition) is 2. The first-order valence-electron chi connectivity index (χ1n) is 6.69. The topological polar surface area (TPSA) is 57.8 Å². The fraction of sp³-hybridized carbons (Fsp3) is 0.333. The highest BCUT2D eigenvalue weighted by atomic mass is 19.1. The van der Waals surface area contributed by atoms with E-state index in [1.54, 1.807) is 12.1 Å². The number of rotatable bonds is 3. The third kappa shape index (κ3) is 2.09. The Hall–Kier alpha value is -2.17. The molecule has 104 valence electrons. The maximum Gasteiger partial charge on any atom is 0.270 e. The van der Waals surface area contributed by atoms with Crippen LogP contribution in [0.1, 0.15) is 47.2 Å². The van der Waals surface area contributed by atoms with Gasteiger partial charge in [-0.1, -0.05) is 26.0 Å². The molecule has 4 nitrogen and oxygen atoms in total. The van der Waals surface area contributed by atoms with E-state index in [0.29, 0.717) is 11.6 Å². The molecule has 0 bridgehead atoms. The zero-order chi connectivity index (χ0) is 14.3. The molecule has 1 aromatic carbocycles. The highest BCUT2D eigenvalue weighted by molar-refractivity contribution is 5.98. The van der Waals surface area contributed by atoms with Gasteiger partial charge in [0.15, 0.2) is 0 Å². The van der Waals surface area contributed by atoms with Crippen molar-refractivity contribution in [2.45, 2.75) is 26.3 Å². The second kappa shape index (κ2) is 4.74. The van der Waals surface area contributed by atoms with E-state index in [1.807, 2.05) is 0 Å². The Labute approximate surface area is 116 Å². The van der Waals surface area contributed by atoms with Crippen molar-refractivity contribution in [3.63, 3.8) is 0 Å². The van der Waals surface area contributed by atoms with Gasteiger partial charge in [-0.15, -0.1) is 0 Å². The van der Waals surface area contributed by atoms with E-state index >= 15 is 0 Å². The molecule has 0 fully saturated rings. The molecule has 2 aromatic rings. The number of nitrogens with zero attached hydrogens (tertiary/aromatic N) is 1. The van der Waals surface area contributed by atoms with Crippen LogP contribution in [0.3, 0.4) is 0 Å². The predicted molar refractivity (Wildman–Crippen MR) is 72.8 cm³/mol. The van der Waals surface area contributed by atoms with Crippen LogP contribution < -0.4 is 5.32 Å². The summed E-state index contributed by atoms with van der Waals surface area (Å²) in [6.45, 7) is 4.22. The summed E-state index contributed by atoms with van der Waals surface area (Å²) in [5.41, 5.74) is 3.19. The lowest BCUT2D eigenvalue weighted by molar-refractivity contribution is 0.0955. The highest BCUT2D eigenvalue weighted by Crippen LogP contribution is 2.33. The molecule has 2 N–H and O–H groups in total. The van der Waals surface area contributed by atoms with E-state index in [4.69, 9.17) is 0 Å². The third-order valence-corrected chi connectivity index (χ3v) is 3.48. The molecule has 0 saturated heterocycles. The van der Waals surface area contributed by atoms with Gasteiger partial charge in [0.25, 0.3) is 5.91 Å². The minimum atomic E-state index is -0.284. The fourth-order valence-electron chi connectivity index (χ4n) is 2.60. The molecule has 1 unspecified atom stereocenters. The molecule has 5 heteroatoms. The van der Waals surface area contributed by atoms with E-state index in [9.17, 15) is 9.18 Å². The lowest BCUT2D eigenvalue weighted by Gasteiger charge is -2.13. The summed E-state index contributed by atoms with van der Waals surface area (Å²) in [7, 11) is 0. The first-order chi connectivity index (χ1) is 9.56. The van der Waals surface area contributed by atoms with Gasteiger partial charge in [-0.25, -0.2) is 4.39 Å². The molecule has 20 heavy (non-hydrogen) atoms. The minimum Gasteiger partial charge on any atom is -0.340 e. The molecule has 1 aliphatic rings. The summed E-state index contributed by atoms with van der Waals surface area (Å²) in [5.74, 6) is 0.0108. The molecule has 1 atom stereocenters. The number of aromatic nitrogens is 2. The zero-order valence-electron chi connectivity index (χ0n) is 11.4. The van der Waals surface area contributed by atoms with Crippen LogP contribution in [0, 0.1) is 11.7 Å². The number of benzene rings is 1. The van der Waals surface area contributed by atoms with Crippen molar-refractivity contribution in [2.75, 3.05) is 0 Å². The van der Waals surface area contributed by atoms with Crippen LogP contribution in [-0.4, -0.2) is 16.1 Å². The zero-order valence-corrected chi connectivity index (χ0v) is 11.4. The third-order valence-electron chi connectivity index (χ3n) is 3.48. The molecule has 1 aromatic heterocycles. The van der Waals surface area contributed by atoms with Crippen molar-refractivity contribution >= 4 is 5.91 Å². The molecule has 0 spiro atoms. The van der Waals surface area contributed by atoms with Crippen molar-refractivity contribution in [1.82, 2.24) is 15.5 Å². The summed E-state index contributed by atoms with van der Waals surface area (Å²) in [4.78, 5) is 12.0. The number of aromatic amines is 1. The fourth-order valence-corrected chi connectivity index (χ4v) is 2.60. The van der Waals surface area contributed by atoms with Gasteiger partial charge in [-0.3, -0.25) is 9.89 Å². The molecule has 1 amide bonds. The van der Waals surface area contributed by atoms with Crippen LogP contribution in [0.25, 0.3) is 0 Å². The predicted octanol–water partition coefficient (Wildman–Crippen LogP) is 2.58. The molecular formula is C15H16FN3O. The number of amides is 1. The Bertz CT molecular complexity index is 646. The van der Waals surface area contributed by atoms with Crippen LogP contribution >= 0.6 is 0 Å². The van der Waals surface area contributed by atoms with Crippen LogP contribution in [-0.2, 0) is 6.42 Å². The van der Waals surface area contributed by atoms with E-state index in [0.717, 1.165) is 23.2 Å². The van der Waals surface area contributed by atoms with Gasteiger partial charge in [0, 0.05) is 5.56 Å². The van der Waals surface area contributed by atoms with Gasteiger partial charge in [-0.2, -0.15) is 5.10 Å². The van der Waals surface area contributed by atoms with Crippen LogP contribution in [0.15, 0.2) is 24.3 Å². The highest BCUT2D eigenvalue weighted by Gasteiger charge is 2.34. The Morgan fingerprint density at radius 3 is 2.65 bits per heavy atom. The van der Waals surface area contributed by atoms with Crippen LogP contribution in [0.2, 0.25) is 0 Å². The monoisotopic (exact) mass is 273 g/mol. The van der Waals surface area contributed by atoms with Gasteiger partial charge < -0.3 is 5.32 Å². The SMILES string of the molecule is CC(C)Cc1n[nH]c2c1C(c1ccc(F)cc1)NC2=O. The number of hydrogen-bond donors (Lipinski definition) is 2. The Morgan fingerprint density at radius 2 is 2.00 bits per heavy atom. The molecule has 1 aliphatic heterocycles. The van der Waals surface area contributed by atoms with Crippen LogP contribution in [0.4, 0.5) is 4.39 Å². The lowest BCUT2D eigenvalue weighted by atomic mass is 9.96. The second-order valence-corrected chi connectivity index (χ2v) is 5.51. The van der Waals surface area contributed by atoms with Crippen LogP contribution in [0.5, 0.6) is 0 Å². The number of carbonyl (C=O) groups is 1. The molecule has 3 rings (SSSR count). The molecule has 0 aliphatic carbocycles. The number of fused-ring (bicyclic) bond motifs is 1. The van der Waals surface area contributed by atoms with E-state index in [1.165, 1.54) is 12.1 Å². The van der Waals surface area contributed by atoms with Gasteiger partial charge in [-0.05, 0) is 30.0 Å². The average Bonchev–Trinajstić information content (AvgIpc) is 2.93. The van der Waals surface area contributed by atoms with E-state index in [2.05, 4.69) is 29.4 Å². The van der Waals surface area contributed by atoms with Crippen molar-refractivity contribution in [1.29, 1.82) is 0 Å².